The van der Waals surface area contributed by atoms with Crippen molar-refractivity contribution in [3.05, 3.63) is 83.4 Å². The zero-order chi connectivity index (χ0) is 24.0. The molecule has 2 amide bonds. The van der Waals surface area contributed by atoms with Gasteiger partial charge in [-0.05, 0) is 55.0 Å². The number of likely N-dealkylation sites (N-methyl/N-ethyl adjacent to an activating group) is 1. The zero-order valence-corrected chi connectivity index (χ0v) is 18.7. The van der Waals surface area contributed by atoms with Crippen LogP contribution in [-0.4, -0.2) is 23.3 Å². The van der Waals surface area contributed by atoms with Crippen LogP contribution in [0.25, 0.3) is 10.2 Å². The highest BCUT2D eigenvalue weighted by atomic mass is 32.1. The van der Waals surface area contributed by atoms with Gasteiger partial charge in [0.05, 0.1) is 32.7 Å². The fraction of sp³-hybridized carbons (Fsp3) is 0.160. The van der Waals surface area contributed by atoms with Gasteiger partial charge >= 0.3 is 6.18 Å². The van der Waals surface area contributed by atoms with Crippen LogP contribution in [0.3, 0.4) is 0 Å². The molecule has 3 aromatic carbocycles. The molecule has 5 nitrogen and oxygen atoms in total. The van der Waals surface area contributed by atoms with Gasteiger partial charge in [0.15, 0.2) is 0 Å². The van der Waals surface area contributed by atoms with Crippen molar-refractivity contribution in [1.29, 1.82) is 0 Å². The van der Waals surface area contributed by atoms with Crippen LogP contribution in [0.2, 0.25) is 0 Å². The van der Waals surface area contributed by atoms with Crippen LogP contribution in [0.1, 0.15) is 24.0 Å². The van der Waals surface area contributed by atoms with Crippen molar-refractivity contribution in [2.75, 3.05) is 16.3 Å². The first-order chi connectivity index (χ1) is 16.3. The van der Waals surface area contributed by atoms with E-state index in [0.29, 0.717) is 11.3 Å². The molecule has 0 radical (unpaired) electrons. The van der Waals surface area contributed by atoms with E-state index in [-0.39, 0.29) is 17.9 Å². The van der Waals surface area contributed by atoms with Crippen molar-refractivity contribution >= 4 is 50.4 Å². The number of anilines is 3. The van der Waals surface area contributed by atoms with Gasteiger partial charge in [-0.25, -0.2) is 4.98 Å². The van der Waals surface area contributed by atoms with Crippen molar-refractivity contribution < 1.29 is 22.8 Å². The van der Waals surface area contributed by atoms with Crippen LogP contribution in [0.5, 0.6) is 0 Å². The first-order valence-corrected chi connectivity index (χ1v) is 11.4. The Morgan fingerprint density at radius 2 is 1.71 bits per heavy atom. The molecule has 4 aromatic rings. The summed E-state index contributed by atoms with van der Waals surface area (Å²) < 4.78 is 41.7. The number of carbonyl (C=O) groups excluding carboxylic acids is 2. The molecule has 1 aliphatic rings. The van der Waals surface area contributed by atoms with E-state index >= 15 is 0 Å². The number of amides is 2. The van der Waals surface area contributed by atoms with E-state index in [0.717, 1.165) is 22.3 Å². The lowest BCUT2D eigenvalue weighted by molar-refractivity contribution is -0.137. The maximum Gasteiger partial charge on any atom is 0.416 e. The molecule has 34 heavy (non-hydrogen) atoms. The first-order valence-electron chi connectivity index (χ1n) is 10.5. The fourth-order valence-corrected chi connectivity index (χ4v) is 4.97. The predicted octanol–water partition coefficient (Wildman–Crippen LogP) is 6.13. The second-order valence-electron chi connectivity index (χ2n) is 7.81. The van der Waals surface area contributed by atoms with E-state index in [1.54, 1.807) is 61.0 Å². The minimum Gasteiger partial charge on any atom is -0.310 e. The molecule has 0 aliphatic carbocycles. The van der Waals surface area contributed by atoms with Crippen LogP contribution in [0.15, 0.2) is 72.2 Å². The Morgan fingerprint density at radius 3 is 2.41 bits per heavy atom. The Balaban J connectivity index is 1.76. The maximum absolute atomic E-state index is 14.0. The van der Waals surface area contributed by atoms with Crippen molar-refractivity contribution in [3.63, 3.8) is 0 Å². The lowest BCUT2D eigenvalue weighted by atomic mass is 9.95. The Kier molecular flexibility index (Phi) is 5.36. The summed E-state index contributed by atoms with van der Waals surface area (Å²) in [6.45, 7) is 1.91. The number of halogens is 3. The lowest BCUT2D eigenvalue weighted by Crippen LogP contribution is -2.39. The zero-order valence-electron chi connectivity index (χ0n) is 17.9. The molecule has 2 heterocycles. The summed E-state index contributed by atoms with van der Waals surface area (Å²) in [6.07, 6.45) is -4.61. The Labute approximate surface area is 197 Å². The van der Waals surface area contributed by atoms with Gasteiger partial charge in [0.2, 0.25) is 11.8 Å². The van der Waals surface area contributed by atoms with E-state index in [4.69, 9.17) is 0 Å². The highest BCUT2D eigenvalue weighted by Gasteiger charge is 2.43. The molecule has 0 saturated carbocycles. The third-order valence-electron chi connectivity index (χ3n) is 5.83. The number of para-hydroxylation sites is 1. The molecule has 1 unspecified atom stereocenters. The number of benzene rings is 3. The molecular formula is C25H18F3N3O2S. The van der Waals surface area contributed by atoms with Crippen LogP contribution in [0.4, 0.5) is 30.2 Å². The van der Waals surface area contributed by atoms with E-state index < -0.39 is 29.5 Å². The minimum absolute atomic E-state index is 0.0163. The van der Waals surface area contributed by atoms with Crippen LogP contribution < -0.4 is 9.80 Å². The summed E-state index contributed by atoms with van der Waals surface area (Å²) in [5.74, 6) is -2.33. The van der Waals surface area contributed by atoms with Crippen molar-refractivity contribution in [1.82, 2.24) is 4.98 Å². The predicted molar refractivity (Wildman–Crippen MR) is 125 cm³/mol. The average Bonchev–Trinajstić information content (AvgIpc) is 3.25. The van der Waals surface area contributed by atoms with Crippen molar-refractivity contribution in [2.24, 2.45) is 0 Å². The summed E-state index contributed by atoms with van der Waals surface area (Å²) >= 11 is 1.38. The monoisotopic (exact) mass is 481 g/mol. The van der Waals surface area contributed by atoms with E-state index in [1.807, 2.05) is 0 Å². The quantitative estimate of drug-likeness (QED) is 0.331. The number of hydrogen-bond acceptors (Lipinski definition) is 4. The third-order valence-corrected chi connectivity index (χ3v) is 6.63. The smallest absolute Gasteiger partial charge is 0.310 e. The normalized spacial score (nSPS) is 16.6. The summed E-state index contributed by atoms with van der Waals surface area (Å²) in [6, 6.07) is 16.7. The molecule has 0 spiro atoms. The number of thiazole rings is 1. The SMILES string of the molecule is CCN1C(=O)C(c2ccc3ncsc3c2)C(=O)N(c2ccccc2)c2cc(C(F)(F)F)ccc21. The summed E-state index contributed by atoms with van der Waals surface area (Å²) in [5, 5.41) is 0. The van der Waals surface area contributed by atoms with Gasteiger partial charge in [0.1, 0.15) is 5.92 Å². The van der Waals surface area contributed by atoms with Gasteiger partial charge < -0.3 is 4.90 Å². The molecule has 1 aromatic heterocycles. The van der Waals surface area contributed by atoms with Crippen molar-refractivity contribution in [3.8, 4) is 0 Å². The van der Waals surface area contributed by atoms with Gasteiger partial charge in [0, 0.05) is 12.2 Å². The maximum atomic E-state index is 14.0. The highest BCUT2D eigenvalue weighted by Crippen LogP contribution is 2.44. The number of alkyl halides is 3. The number of hydrogen-bond donors (Lipinski definition) is 0. The Morgan fingerprint density at radius 1 is 0.941 bits per heavy atom. The molecule has 5 rings (SSSR count). The number of fused-ring (bicyclic) bond motifs is 2. The number of nitrogens with zero attached hydrogens (tertiary/aromatic N) is 3. The highest BCUT2D eigenvalue weighted by molar-refractivity contribution is 7.16. The number of rotatable bonds is 3. The molecule has 9 heteroatoms. The second kappa shape index (κ2) is 8.25. The summed E-state index contributed by atoms with van der Waals surface area (Å²) in [4.78, 5) is 34.6. The number of aromatic nitrogens is 1. The minimum atomic E-state index is -4.61. The molecule has 0 N–H and O–H groups in total. The topological polar surface area (TPSA) is 53.5 Å². The van der Waals surface area contributed by atoms with Crippen LogP contribution in [0, 0.1) is 0 Å². The molecule has 1 atom stereocenters. The standard InChI is InChI=1S/C25H18F3N3O2S/c1-2-30-19-11-9-16(25(26,27)28)13-20(19)31(17-6-4-3-5-7-17)24(33)22(23(30)32)15-8-10-18-21(12-15)34-14-29-18/h3-14,22H,2H2,1H3. The summed E-state index contributed by atoms with van der Waals surface area (Å²) in [7, 11) is 0. The van der Waals surface area contributed by atoms with E-state index in [2.05, 4.69) is 4.98 Å². The van der Waals surface area contributed by atoms with E-state index in [1.165, 1.54) is 27.2 Å². The molecule has 1 aliphatic heterocycles. The molecule has 172 valence electrons. The third kappa shape index (κ3) is 3.62. The lowest BCUT2D eigenvalue weighted by Gasteiger charge is -2.26. The molecular weight excluding hydrogens is 463 g/mol. The van der Waals surface area contributed by atoms with Crippen molar-refractivity contribution in [2.45, 2.75) is 19.0 Å². The molecule has 0 fully saturated rings. The van der Waals surface area contributed by atoms with Gasteiger partial charge in [-0.2, -0.15) is 13.2 Å². The largest absolute Gasteiger partial charge is 0.416 e. The van der Waals surface area contributed by atoms with Gasteiger partial charge in [-0.1, -0.05) is 24.3 Å². The Hall–Kier alpha value is -3.72. The van der Waals surface area contributed by atoms with Gasteiger partial charge in [-0.3, -0.25) is 14.5 Å². The average molecular weight is 481 g/mol. The first kappa shape index (κ1) is 22.1. The van der Waals surface area contributed by atoms with Crippen LogP contribution >= 0.6 is 11.3 Å². The fourth-order valence-electron chi connectivity index (χ4n) is 4.24. The second-order valence-corrected chi connectivity index (χ2v) is 8.69. The van der Waals surface area contributed by atoms with Gasteiger partial charge in [-0.15, -0.1) is 11.3 Å². The summed E-state index contributed by atoms with van der Waals surface area (Å²) in [5.41, 5.74) is 2.63. The number of carbonyl (C=O) groups is 2. The molecule has 0 bridgehead atoms. The van der Waals surface area contributed by atoms with Gasteiger partial charge in [0.25, 0.3) is 0 Å². The molecule has 0 saturated heterocycles. The van der Waals surface area contributed by atoms with E-state index in [9.17, 15) is 22.8 Å². The Bertz CT molecular complexity index is 1400. The van der Waals surface area contributed by atoms with Crippen LogP contribution in [-0.2, 0) is 15.8 Å².